The van der Waals surface area contributed by atoms with E-state index in [9.17, 15) is 0 Å². The highest BCUT2D eigenvalue weighted by Gasteiger charge is 2.65. The summed E-state index contributed by atoms with van der Waals surface area (Å²) in [6.07, 6.45) is 3.63. The maximum atomic E-state index is 6.74. The standard InChI is InChI=1S/C18H32O3Si/c1-12-9-18(10-12)11-13(21-22(7,8)16(2,3)4)14-15(18)20-17(5,6)19-14/h13-15H,1,9-11H2,2-8H3/t13?,14-,15-/m0/s1. The van der Waals surface area contributed by atoms with E-state index in [-0.39, 0.29) is 28.8 Å². The third-order valence-electron chi connectivity index (χ3n) is 6.16. The Morgan fingerprint density at radius 3 is 2.27 bits per heavy atom. The highest BCUT2D eigenvalue weighted by molar-refractivity contribution is 6.74. The summed E-state index contributed by atoms with van der Waals surface area (Å²) in [5, 5.41) is 0.219. The first-order valence-electron chi connectivity index (χ1n) is 8.55. The van der Waals surface area contributed by atoms with E-state index in [0.717, 1.165) is 19.3 Å². The van der Waals surface area contributed by atoms with Crippen LogP contribution in [0, 0.1) is 5.41 Å². The Morgan fingerprint density at radius 2 is 1.77 bits per heavy atom. The van der Waals surface area contributed by atoms with Gasteiger partial charge in [-0.25, -0.2) is 0 Å². The van der Waals surface area contributed by atoms with E-state index in [2.05, 4.69) is 40.4 Å². The van der Waals surface area contributed by atoms with Crippen molar-refractivity contribution in [2.75, 3.05) is 0 Å². The molecule has 1 saturated heterocycles. The number of hydrogen-bond donors (Lipinski definition) is 0. The first kappa shape index (κ1) is 16.7. The van der Waals surface area contributed by atoms with Crippen molar-refractivity contribution in [2.24, 2.45) is 5.41 Å². The molecule has 22 heavy (non-hydrogen) atoms. The minimum absolute atomic E-state index is 0.0808. The molecule has 126 valence electrons. The molecule has 0 aromatic rings. The third-order valence-corrected chi connectivity index (χ3v) is 10.7. The smallest absolute Gasteiger partial charge is 0.192 e. The van der Waals surface area contributed by atoms with Crippen LogP contribution in [0.5, 0.6) is 0 Å². The van der Waals surface area contributed by atoms with Gasteiger partial charge in [0, 0.05) is 5.41 Å². The SMILES string of the molecule is C=C1CC2(C1)CC(O[Si](C)(C)C(C)(C)C)[C@@H]1OC(C)(C)O[C@@H]12. The quantitative estimate of drug-likeness (QED) is 0.547. The van der Waals surface area contributed by atoms with E-state index in [1.54, 1.807) is 0 Å². The normalized spacial score (nSPS) is 36.5. The van der Waals surface area contributed by atoms with Crippen LogP contribution in [0.15, 0.2) is 12.2 Å². The van der Waals surface area contributed by atoms with E-state index >= 15 is 0 Å². The van der Waals surface area contributed by atoms with Crippen LogP contribution >= 0.6 is 0 Å². The second kappa shape index (κ2) is 4.68. The van der Waals surface area contributed by atoms with Crippen molar-refractivity contribution in [1.82, 2.24) is 0 Å². The largest absolute Gasteiger partial charge is 0.411 e. The summed E-state index contributed by atoms with van der Waals surface area (Å²) in [6, 6.07) is 0. The average Bonchev–Trinajstić information content (AvgIpc) is 2.71. The Morgan fingerprint density at radius 1 is 1.18 bits per heavy atom. The van der Waals surface area contributed by atoms with Crippen molar-refractivity contribution in [3.8, 4) is 0 Å². The van der Waals surface area contributed by atoms with Crippen molar-refractivity contribution in [3.05, 3.63) is 12.2 Å². The lowest BCUT2D eigenvalue weighted by molar-refractivity contribution is -0.177. The Bertz CT molecular complexity index is 481. The molecule has 3 rings (SSSR count). The van der Waals surface area contributed by atoms with Gasteiger partial charge in [0.25, 0.3) is 0 Å². The van der Waals surface area contributed by atoms with E-state index in [4.69, 9.17) is 13.9 Å². The van der Waals surface area contributed by atoms with Crippen LogP contribution < -0.4 is 0 Å². The number of allylic oxidation sites excluding steroid dienone is 1. The van der Waals surface area contributed by atoms with Gasteiger partial charge in [0.05, 0.1) is 12.2 Å². The van der Waals surface area contributed by atoms with Gasteiger partial charge in [-0.2, -0.15) is 0 Å². The summed E-state index contributed by atoms with van der Waals surface area (Å²) in [4.78, 5) is 0. The van der Waals surface area contributed by atoms with E-state index in [1.165, 1.54) is 5.57 Å². The molecule has 0 N–H and O–H groups in total. The Balaban J connectivity index is 1.83. The molecule has 4 heteroatoms. The molecule has 1 spiro atoms. The average molecular weight is 325 g/mol. The molecular formula is C18H32O3Si. The lowest BCUT2D eigenvalue weighted by Crippen LogP contribution is -2.46. The van der Waals surface area contributed by atoms with Crippen LogP contribution in [0.4, 0.5) is 0 Å². The van der Waals surface area contributed by atoms with E-state index in [0.29, 0.717) is 0 Å². The zero-order chi connectivity index (χ0) is 16.6. The van der Waals surface area contributed by atoms with Crippen LogP contribution in [0.3, 0.4) is 0 Å². The summed E-state index contributed by atoms with van der Waals surface area (Å²) in [7, 11) is -1.80. The molecule has 0 radical (unpaired) electrons. The van der Waals surface area contributed by atoms with E-state index < -0.39 is 14.1 Å². The molecule has 3 nitrogen and oxygen atoms in total. The zero-order valence-corrected chi connectivity index (χ0v) is 16.3. The van der Waals surface area contributed by atoms with Gasteiger partial charge in [-0.3, -0.25) is 0 Å². The lowest BCUT2D eigenvalue weighted by atomic mass is 9.63. The number of rotatable bonds is 2. The summed E-state index contributed by atoms with van der Waals surface area (Å²) >= 11 is 0. The fraction of sp³-hybridized carbons (Fsp3) is 0.889. The number of fused-ring (bicyclic) bond motifs is 2. The minimum atomic E-state index is -1.80. The first-order chi connectivity index (χ1) is 9.85. The third kappa shape index (κ3) is 2.52. The van der Waals surface area contributed by atoms with Gasteiger partial charge in [0.15, 0.2) is 14.1 Å². The van der Waals surface area contributed by atoms with Gasteiger partial charge < -0.3 is 13.9 Å². The fourth-order valence-corrected chi connectivity index (χ4v) is 5.45. The van der Waals surface area contributed by atoms with Gasteiger partial charge in [0.1, 0.15) is 6.10 Å². The Labute approximate surface area is 136 Å². The molecule has 1 unspecified atom stereocenters. The van der Waals surface area contributed by atoms with Gasteiger partial charge in [-0.1, -0.05) is 32.9 Å². The summed E-state index contributed by atoms with van der Waals surface area (Å²) < 4.78 is 19.3. The molecule has 3 fully saturated rings. The predicted molar refractivity (Wildman–Crippen MR) is 91.3 cm³/mol. The van der Waals surface area contributed by atoms with Crippen molar-refractivity contribution >= 4 is 8.32 Å². The Hall–Kier alpha value is -0.163. The molecule has 1 heterocycles. The monoisotopic (exact) mass is 324 g/mol. The molecule has 3 atom stereocenters. The van der Waals surface area contributed by atoms with Crippen LogP contribution in [-0.2, 0) is 13.9 Å². The maximum Gasteiger partial charge on any atom is 0.192 e. The van der Waals surface area contributed by atoms with Gasteiger partial charge >= 0.3 is 0 Å². The van der Waals surface area contributed by atoms with Crippen LogP contribution in [-0.4, -0.2) is 32.4 Å². The molecule has 0 aromatic heterocycles. The summed E-state index contributed by atoms with van der Waals surface area (Å²) in [5.74, 6) is -0.491. The van der Waals surface area contributed by atoms with Gasteiger partial charge in [-0.15, -0.1) is 0 Å². The second-order valence-corrected chi connectivity index (χ2v) is 14.4. The number of hydrogen-bond acceptors (Lipinski definition) is 3. The summed E-state index contributed by atoms with van der Waals surface area (Å²) in [5.41, 5.74) is 1.56. The van der Waals surface area contributed by atoms with Crippen molar-refractivity contribution in [3.63, 3.8) is 0 Å². The lowest BCUT2D eigenvalue weighted by Gasteiger charge is -2.45. The molecule has 0 aromatic carbocycles. The fourth-order valence-electron chi connectivity index (χ4n) is 4.12. The topological polar surface area (TPSA) is 27.7 Å². The minimum Gasteiger partial charge on any atom is -0.411 e. The van der Waals surface area contributed by atoms with Crippen LogP contribution in [0.2, 0.25) is 18.1 Å². The highest BCUT2D eigenvalue weighted by atomic mass is 28.4. The van der Waals surface area contributed by atoms with Gasteiger partial charge in [0.2, 0.25) is 0 Å². The van der Waals surface area contributed by atoms with E-state index in [1.807, 2.05) is 13.8 Å². The molecule has 0 amide bonds. The molecule has 1 aliphatic heterocycles. The molecular weight excluding hydrogens is 292 g/mol. The number of ether oxygens (including phenoxy) is 2. The predicted octanol–water partition coefficient (Wildman–Crippen LogP) is 4.64. The molecule has 2 saturated carbocycles. The van der Waals surface area contributed by atoms with Crippen LogP contribution in [0.25, 0.3) is 0 Å². The van der Waals surface area contributed by atoms with Gasteiger partial charge in [-0.05, 0) is 51.2 Å². The highest BCUT2D eigenvalue weighted by Crippen LogP contribution is 2.61. The molecule has 3 aliphatic rings. The van der Waals surface area contributed by atoms with Crippen LogP contribution in [0.1, 0.15) is 53.9 Å². The zero-order valence-electron chi connectivity index (χ0n) is 15.3. The molecule has 2 aliphatic carbocycles. The van der Waals surface area contributed by atoms with Crippen molar-refractivity contribution in [2.45, 2.75) is 96.1 Å². The summed E-state index contributed by atoms with van der Waals surface area (Å²) in [6.45, 7) is 19.7. The molecule has 0 bridgehead atoms. The Kier molecular flexibility index (Phi) is 3.55. The first-order valence-corrected chi connectivity index (χ1v) is 11.5. The maximum absolute atomic E-state index is 6.74. The van der Waals surface area contributed by atoms with Crippen molar-refractivity contribution in [1.29, 1.82) is 0 Å². The second-order valence-electron chi connectivity index (χ2n) is 9.61. The van der Waals surface area contributed by atoms with Crippen molar-refractivity contribution < 1.29 is 13.9 Å².